The Balaban J connectivity index is 0.000000253. The van der Waals surface area contributed by atoms with Gasteiger partial charge in [-0.3, -0.25) is 0 Å². The normalized spacial score (nSPS) is 18.1. The van der Waals surface area contributed by atoms with Crippen molar-refractivity contribution in [3.8, 4) is 0 Å². The zero-order valence-corrected chi connectivity index (χ0v) is 11.7. The van der Waals surface area contributed by atoms with Crippen LogP contribution in [0, 0.1) is 0 Å². The molecular weight excluding hydrogens is 363 g/mol. The van der Waals surface area contributed by atoms with E-state index in [1.54, 1.807) is 0 Å². The molecule has 0 aromatic rings. The monoisotopic (exact) mass is 383 g/mol. The minimum Gasteiger partial charge on any atom is -0.0845 e. The van der Waals surface area contributed by atoms with Gasteiger partial charge in [-0.2, -0.15) is 0 Å². The summed E-state index contributed by atoms with van der Waals surface area (Å²) >= 11 is 0. The van der Waals surface area contributed by atoms with Crippen LogP contribution in [0.3, 0.4) is 0 Å². The Bertz CT molecular complexity index is 243. The van der Waals surface area contributed by atoms with Crippen molar-refractivity contribution in [1.82, 2.24) is 0 Å². The fraction of sp³-hybridized carbons (Fsp3) is 0.429. The van der Waals surface area contributed by atoms with Crippen molar-refractivity contribution in [3.63, 3.8) is 0 Å². The van der Waals surface area contributed by atoms with Gasteiger partial charge in [0.1, 0.15) is 0 Å². The summed E-state index contributed by atoms with van der Waals surface area (Å²) in [5.74, 6) is 0. The SMILES string of the molecule is C1=CCCCCC=C1.CC1=CC=CC1.[Pt]. The molecule has 0 amide bonds. The molecule has 0 aliphatic heterocycles. The molecule has 2 aliphatic carbocycles. The third-order valence-corrected chi connectivity index (χ3v) is 2.33. The molecule has 2 rings (SSSR count). The summed E-state index contributed by atoms with van der Waals surface area (Å²) in [6.45, 7) is 2.14. The molecule has 86 valence electrons. The van der Waals surface area contributed by atoms with E-state index in [-0.39, 0.29) is 21.1 Å². The predicted molar refractivity (Wildman–Crippen MR) is 64.3 cm³/mol. The van der Waals surface area contributed by atoms with Gasteiger partial charge in [-0.15, -0.1) is 0 Å². The van der Waals surface area contributed by atoms with E-state index in [0.29, 0.717) is 0 Å². The molecule has 0 bridgehead atoms. The van der Waals surface area contributed by atoms with Crippen molar-refractivity contribution < 1.29 is 21.1 Å². The van der Waals surface area contributed by atoms with E-state index in [1.807, 2.05) is 0 Å². The smallest absolute Gasteiger partial charge is 0 e. The fourth-order valence-electron chi connectivity index (χ4n) is 1.43. The van der Waals surface area contributed by atoms with Crippen molar-refractivity contribution in [1.29, 1.82) is 0 Å². The van der Waals surface area contributed by atoms with E-state index < -0.39 is 0 Å². The van der Waals surface area contributed by atoms with Gasteiger partial charge in [-0.1, -0.05) is 48.1 Å². The fourth-order valence-corrected chi connectivity index (χ4v) is 1.43. The zero-order chi connectivity index (χ0) is 10.1. The van der Waals surface area contributed by atoms with Gasteiger partial charge in [0, 0.05) is 21.1 Å². The Morgan fingerprint density at radius 3 is 1.80 bits per heavy atom. The molecule has 0 fully saturated rings. The Morgan fingerprint density at radius 1 is 0.867 bits per heavy atom. The average molecular weight is 383 g/mol. The van der Waals surface area contributed by atoms with E-state index in [2.05, 4.69) is 49.5 Å². The molecule has 0 N–H and O–H groups in total. The summed E-state index contributed by atoms with van der Waals surface area (Å²) in [6.07, 6.45) is 21.6. The molecule has 15 heavy (non-hydrogen) atoms. The molecule has 0 atom stereocenters. The Morgan fingerprint density at radius 2 is 1.47 bits per heavy atom. The van der Waals surface area contributed by atoms with E-state index >= 15 is 0 Å². The number of hydrogen-bond donors (Lipinski definition) is 0. The largest absolute Gasteiger partial charge is 0.0845 e. The first kappa shape index (κ1) is 14.6. The molecule has 0 unspecified atom stereocenters. The summed E-state index contributed by atoms with van der Waals surface area (Å²) in [5, 5.41) is 0. The summed E-state index contributed by atoms with van der Waals surface area (Å²) in [4.78, 5) is 0. The molecule has 0 nitrogen and oxygen atoms in total. The molecule has 2 aliphatic rings. The third kappa shape index (κ3) is 8.63. The van der Waals surface area contributed by atoms with Gasteiger partial charge in [0.15, 0.2) is 0 Å². The van der Waals surface area contributed by atoms with Crippen molar-refractivity contribution in [3.05, 3.63) is 48.1 Å². The van der Waals surface area contributed by atoms with E-state index in [4.69, 9.17) is 0 Å². The maximum atomic E-state index is 2.23. The standard InChI is InChI=1S/C8H12.C6H8.Pt/c1-2-4-6-8-7-5-3-1;1-6-4-2-3-5-6;/h1-4H,5-8H2;2-4H,5H2,1H3;. The first-order valence-electron chi connectivity index (χ1n) is 5.53. The molecule has 0 spiro atoms. The Hall–Kier alpha value is -0.352. The van der Waals surface area contributed by atoms with Gasteiger partial charge in [0.2, 0.25) is 0 Å². The van der Waals surface area contributed by atoms with Gasteiger partial charge in [0.05, 0.1) is 0 Å². The van der Waals surface area contributed by atoms with E-state index in [9.17, 15) is 0 Å². The summed E-state index contributed by atoms with van der Waals surface area (Å²) in [7, 11) is 0. The first-order chi connectivity index (χ1) is 6.89. The molecule has 0 saturated heterocycles. The molecule has 0 saturated carbocycles. The third-order valence-electron chi connectivity index (χ3n) is 2.33. The number of rotatable bonds is 0. The van der Waals surface area contributed by atoms with Crippen molar-refractivity contribution in [2.45, 2.75) is 39.0 Å². The first-order valence-corrected chi connectivity index (χ1v) is 5.53. The second kappa shape index (κ2) is 10.2. The minimum atomic E-state index is 0. The molecule has 1 heteroatoms. The van der Waals surface area contributed by atoms with E-state index in [0.717, 1.165) is 0 Å². The Kier molecular flexibility index (Phi) is 9.94. The maximum absolute atomic E-state index is 2.23. The van der Waals surface area contributed by atoms with Crippen LogP contribution in [-0.4, -0.2) is 0 Å². The van der Waals surface area contributed by atoms with Crippen LogP contribution in [0.15, 0.2) is 48.1 Å². The summed E-state index contributed by atoms with van der Waals surface area (Å²) < 4.78 is 0. The molecule has 0 aromatic carbocycles. The van der Waals surface area contributed by atoms with Crippen LogP contribution in [0.4, 0.5) is 0 Å². The van der Waals surface area contributed by atoms with Crippen LogP contribution in [-0.2, 0) is 21.1 Å². The second-order valence-corrected chi connectivity index (χ2v) is 3.79. The van der Waals surface area contributed by atoms with Crippen LogP contribution in [0.1, 0.15) is 39.0 Å². The summed E-state index contributed by atoms with van der Waals surface area (Å²) in [6, 6.07) is 0. The number of allylic oxidation sites excluding steroid dienone is 8. The zero-order valence-electron chi connectivity index (χ0n) is 9.39. The molecule has 0 aromatic heterocycles. The minimum absolute atomic E-state index is 0. The van der Waals surface area contributed by atoms with Crippen molar-refractivity contribution >= 4 is 0 Å². The van der Waals surface area contributed by atoms with Crippen LogP contribution in [0.5, 0.6) is 0 Å². The summed E-state index contributed by atoms with van der Waals surface area (Å²) in [5.41, 5.74) is 1.47. The predicted octanol–water partition coefficient (Wildman–Crippen LogP) is 4.56. The topological polar surface area (TPSA) is 0 Å². The Labute approximate surface area is 108 Å². The van der Waals surface area contributed by atoms with Gasteiger partial charge in [-0.05, 0) is 39.0 Å². The van der Waals surface area contributed by atoms with Crippen molar-refractivity contribution in [2.24, 2.45) is 0 Å². The van der Waals surface area contributed by atoms with Gasteiger partial charge in [-0.25, -0.2) is 0 Å². The van der Waals surface area contributed by atoms with Crippen molar-refractivity contribution in [2.75, 3.05) is 0 Å². The molecule has 0 radical (unpaired) electrons. The van der Waals surface area contributed by atoms with Crippen LogP contribution >= 0.6 is 0 Å². The second-order valence-electron chi connectivity index (χ2n) is 3.79. The maximum Gasteiger partial charge on any atom is 0 e. The van der Waals surface area contributed by atoms with Crippen LogP contribution < -0.4 is 0 Å². The van der Waals surface area contributed by atoms with Gasteiger partial charge in [0.25, 0.3) is 0 Å². The van der Waals surface area contributed by atoms with Gasteiger partial charge < -0.3 is 0 Å². The van der Waals surface area contributed by atoms with Crippen LogP contribution in [0.25, 0.3) is 0 Å². The van der Waals surface area contributed by atoms with E-state index in [1.165, 1.54) is 37.7 Å². The average Bonchev–Trinajstić information content (AvgIpc) is 2.55. The molecule has 0 heterocycles. The van der Waals surface area contributed by atoms with Gasteiger partial charge >= 0.3 is 0 Å². The quantitative estimate of drug-likeness (QED) is 0.575. The van der Waals surface area contributed by atoms with Crippen LogP contribution in [0.2, 0.25) is 0 Å². The number of hydrogen-bond acceptors (Lipinski definition) is 0. The molecular formula is C14H20Pt.